The Morgan fingerprint density at radius 2 is 2.04 bits per heavy atom. The van der Waals surface area contributed by atoms with Gasteiger partial charge in [0, 0.05) is 24.5 Å². The summed E-state index contributed by atoms with van der Waals surface area (Å²) in [7, 11) is 0. The molecule has 5 nitrogen and oxygen atoms in total. The highest BCUT2D eigenvalue weighted by molar-refractivity contribution is 5.90. The van der Waals surface area contributed by atoms with Crippen molar-refractivity contribution in [3.05, 3.63) is 78.1 Å². The Balaban J connectivity index is 1.57. The smallest absolute Gasteiger partial charge is 0.224 e. The number of ether oxygens (including phenoxy) is 1. The summed E-state index contributed by atoms with van der Waals surface area (Å²) >= 11 is 0. The summed E-state index contributed by atoms with van der Waals surface area (Å²) in [5.41, 5.74) is 2.95. The van der Waals surface area contributed by atoms with Gasteiger partial charge in [-0.05, 0) is 48.7 Å². The minimum Gasteiger partial charge on any atom is -0.494 e. The lowest BCUT2D eigenvalue weighted by Crippen LogP contribution is -2.13. The van der Waals surface area contributed by atoms with Gasteiger partial charge in [0.2, 0.25) is 5.91 Å². The lowest BCUT2D eigenvalue weighted by Gasteiger charge is -2.10. The molecule has 0 unspecified atom stereocenters. The number of para-hydroxylation sites is 1. The molecule has 0 bridgehead atoms. The molecule has 0 aliphatic carbocycles. The Bertz CT molecular complexity index is 844. The van der Waals surface area contributed by atoms with Gasteiger partial charge in [-0.1, -0.05) is 30.3 Å². The average molecular weight is 349 g/mol. The molecule has 1 amide bonds. The molecule has 0 fully saturated rings. The van der Waals surface area contributed by atoms with E-state index in [1.54, 1.807) is 6.20 Å². The summed E-state index contributed by atoms with van der Waals surface area (Å²) in [6.07, 6.45) is 4.73. The molecule has 0 saturated heterocycles. The van der Waals surface area contributed by atoms with E-state index in [2.05, 4.69) is 10.4 Å². The number of hydrogen-bond acceptors (Lipinski definition) is 3. The zero-order valence-electron chi connectivity index (χ0n) is 14.9. The second-order valence-electron chi connectivity index (χ2n) is 5.99. The molecular weight excluding hydrogens is 326 g/mol. The van der Waals surface area contributed by atoms with Crippen LogP contribution in [0.3, 0.4) is 0 Å². The number of nitrogens with zero attached hydrogens (tertiary/aromatic N) is 2. The molecule has 26 heavy (non-hydrogen) atoms. The van der Waals surface area contributed by atoms with Crippen molar-refractivity contribution in [2.45, 2.75) is 26.3 Å². The van der Waals surface area contributed by atoms with Crippen LogP contribution in [0, 0.1) is 0 Å². The highest BCUT2D eigenvalue weighted by Crippen LogP contribution is 2.20. The molecule has 5 heteroatoms. The first-order valence-corrected chi connectivity index (χ1v) is 8.81. The van der Waals surface area contributed by atoms with Crippen LogP contribution in [0.1, 0.15) is 24.5 Å². The Labute approximate surface area is 153 Å². The van der Waals surface area contributed by atoms with Crippen molar-refractivity contribution >= 4 is 11.6 Å². The van der Waals surface area contributed by atoms with Crippen molar-refractivity contribution in [1.82, 2.24) is 9.78 Å². The molecule has 0 saturated carbocycles. The summed E-state index contributed by atoms with van der Waals surface area (Å²) in [5.74, 6) is 0.844. The number of anilines is 1. The van der Waals surface area contributed by atoms with E-state index in [1.165, 1.54) is 0 Å². The van der Waals surface area contributed by atoms with Crippen molar-refractivity contribution in [1.29, 1.82) is 0 Å². The Hall–Kier alpha value is -3.08. The van der Waals surface area contributed by atoms with E-state index in [0.717, 1.165) is 22.6 Å². The second-order valence-corrected chi connectivity index (χ2v) is 5.99. The Morgan fingerprint density at radius 1 is 1.15 bits per heavy atom. The molecule has 0 spiro atoms. The fraction of sp³-hybridized carbons (Fsp3) is 0.238. The van der Waals surface area contributed by atoms with Gasteiger partial charge in [0.05, 0.1) is 13.2 Å². The van der Waals surface area contributed by atoms with Crippen molar-refractivity contribution in [2.24, 2.45) is 0 Å². The van der Waals surface area contributed by atoms with E-state index in [-0.39, 0.29) is 5.91 Å². The van der Waals surface area contributed by atoms with Gasteiger partial charge in [-0.3, -0.25) is 9.48 Å². The van der Waals surface area contributed by atoms with Crippen molar-refractivity contribution in [2.75, 3.05) is 11.9 Å². The third-order valence-corrected chi connectivity index (χ3v) is 4.01. The minimum absolute atomic E-state index is 0.00691. The molecule has 0 aliphatic rings. The van der Waals surface area contributed by atoms with E-state index < -0.39 is 0 Å². The van der Waals surface area contributed by atoms with Gasteiger partial charge in [-0.25, -0.2) is 0 Å². The Morgan fingerprint density at radius 3 is 2.85 bits per heavy atom. The van der Waals surface area contributed by atoms with Crippen LogP contribution in [0.15, 0.2) is 67.0 Å². The number of amides is 1. The van der Waals surface area contributed by atoms with Crippen LogP contribution in [-0.2, 0) is 17.8 Å². The number of rotatable bonds is 8. The van der Waals surface area contributed by atoms with Crippen LogP contribution in [0.25, 0.3) is 0 Å². The van der Waals surface area contributed by atoms with Crippen LogP contribution in [0.2, 0.25) is 0 Å². The van der Waals surface area contributed by atoms with Gasteiger partial charge in [-0.2, -0.15) is 5.10 Å². The van der Waals surface area contributed by atoms with E-state index >= 15 is 0 Å². The molecule has 0 atom stereocenters. The lowest BCUT2D eigenvalue weighted by atomic mass is 10.1. The minimum atomic E-state index is -0.00691. The molecule has 134 valence electrons. The Kier molecular flexibility index (Phi) is 6.04. The zero-order valence-corrected chi connectivity index (χ0v) is 14.9. The largest absolute Gasteiger partial charge is 0.494 e. The fourth-order valence-electron chi connectivity index (χ4n) is 2.81. The van der Waals surface area contributed by atoms with Gasteiger partial charge >= 0.3 is 0 Å². The van der Waals surface area contributed by atoms with E-state index in [9.17, 15) is 4.79 Å². The van der Waals surface area contributed by atoms with Crippen molar-refractivity contribution in [3.8, 4) is 5.75 Å². The van der Waals surface area contributed by atoms with Gasteiger partial charge in [-0.15, -0.1) is 0 Å². The number of carbonyl (C=O) groups is 1. The van der Waals surface area contributed by atoms with E-state index in [1.807, 2.05) is 72.4 Å². The maximum atomic E-state index is 12.3. The van der Waals surface area contributed by atoms with Crippen molar-refractivity contribution < 1.29 is 9.53 Å². The molecule has 1 N–H and O–H groups in total. The first-order chi connectivity index (χ1) is 12.7. The average Bonchev–Trinajstić information content (AvgIpc) is 3.14. The highest BCUT2D eigenvalue weighted by Gasteiger charge is 2.07. The number of hydrogen-bond donors (Lipinski definition) is 1. The second kappa shape index (κ2) is 8.85. The highest BCUT2D eigenvalue weighted by atomic mass is 16.5. The van der Waals surface area contributed by atoms with Crippen LogP contribution >= 0.6 is 0 Å². The molecule has 0 radical (unpaired) electrons. The first-order valence-electron chi connectivity index (χ1n) is 8.81. The third-order valence-electron chi connectivity index (χ3n) is 4.01. The number of nitrogens with one attached hydrogen (secondary N) is 1. The van der Waals surface area contributed by atoms with Crippen molar-refractivity contribution in [3.63, 3.8) is 0 Å². The molecule has 2 aromatic carbocycles. The number of benzene rings is 2. The monoisotopic (exact) mass is 349 g/mol. The first kappa shape index (κ1) is 17.7. The summed E-state index contributed by atoms with van der Waals surface area (Å²) < 4.78 is 7.47. The zero-order chi connectivity index (χ0) is 18.2. The topological polar surface area (TPSA) is 56.1 Å². The SMILES string of the molecule is CCOc1ccccc1CCC(=O)Nc1cccc(Cn2cccn2)c1. The third kappa shape index (κ3) is 4.96. The number of aromatic nitrogens is 2. The molecule has 1 aromatic heterocycles. The summed E-state index contributed by atoms with van der Waals surface area (Å²) in [6.45, 7) is 3.25. The van der Waals surface area contributed by atoms with Gasteiger partial charge in [0.1, 0.15) is 5.75 Å². The predicted octanol–water partition coefficient (Wildman–Crippen LogP) is 3.90. The van der Waals surface area contributed by atoms with Gasteiger partial charge < -0.3 is 10.1 Å². The molecular formula is C21H23N3O2. The molecule has 3 aromatic rings. The van der Waals surface area contributed by atoms with E-state index in [0.29, 0.717) is 26.0 Å². The lowest BCUT2D eigenvalue weighted by molar-refractivity contribution is -0.116. The maximum absolute atomic E-state index is 12.3. The maximum Gasteiger partial charge on any atom is 0.224 e. The molecule has 3 rings (SSSR count). The van der Waals surface area contributed by atoms with Crippen LogP contribution in [0.5, 0.6) is 5.75 Å². The summed E-state index contributed by atoms with van der Waals surface area (Å²) in [5, 5.41) is 7.18. The van der Waals surface area contributed by atoms with E-state index in [4.69, 9.17) is 4.74 Å². The molecule has 0 aliphatic heterocycles. The van der Waals surface area contributed by atoms with Gasteiger partial charge in [0.15, 0.2) is 0 Å². The molecule has 1 heterocycles. The standard InChI is InChI=1S/C21H23N3O2/c1-2-26-20-10-4-3-8-18(20)11-12-21(25)23-19-9-5-7-17(15-19)16-24-14-6-13-22-24/h3-10,13-15H,2,11-12,16H2,1H3,(H,23,25). The summed E-state index contributed by atoms with van der Waals surface area (Å²) in [6, 6.07) is 17.6. The van der Waals surface area contributed by atoms with Crippen LogP contribution < -0.4 is 10.1 Å². The number of aryl methyl sites for hydroxylation is 1. The number of carbonyl (C=O) groups excluding carboxylic acids is 1. The summed E-state index contributed by atoms with van der Waals surface area (Å²) in [4.78, 5) is 12.3. The predicted molar refractivity (Wildman–Crippen MR) is 102 cm³/mol. The normalized spacial score (nSPS) is 10.5. The quantitative estimate of drug-likeness (QED) is 0.671. The van der Waals surface area contributed by atoms with Crippen LogP contribution in [0.4, 0.5) is 5.69 Å². The fourth-order valence-corrected chi connectivity index (χ4v) is 2.81. The van der Waals surface area contributed by atoms with Crippen LogP contribution in [-0.4, -0.2) is 22.3 Å². The van der Waals surface area contributed by atoms with Gasteiger partial charge in [0.25, 0.3) is 0 Å².